The number of alkyl halides is 3. The molecule has 0 spiro atoms. The highest BCUT2D eigenvalue weighted by Crippen LogP contribution is 2.35. The number of anilines is 3. The Labute approximate surface area is 156 Å². The fourth-order valence-corrected chi connectivity index (χ4v) is 2.45. The predicted molar refractivity (Wildman–Crippen MR) is 93.3 cm³/mol. The monoisotopic (exact) mass is 393 g/mol. The first-order valence-corrected chi connectivity index (χ1v) is 7.89. The Kier molecular flexibility index (Phi) is 5.25. The molecule has 1 heterocycles. The van der Waals surface area contributed by atoms with Crippen molar-refractivity contribution in [2.45, 2.75) is 6.18 Å². The molecule has 0 radical (unpaired) electrons. The van der Waals surface area contributed by atoms with E-state index in [2.05, 4.69) is 15.6 Å². The molecule has 28 heavy (non-hydrogen) atoms. The van der Waals surface area contributed by atoms with Crippen LogP contribution < -0.4 is 10.6 Å². The van der Waals surface area contributed by atoms with Gasteiger partial charge in [-0.15, -0.1) is 0 Å². The van der Waals surface area contributed by atoms with Crippen molar-refractivity contribution in [2.24, 2.45) is 0 Å². The van der Waals surface area contributed by atoms with Crippen molar-refractivity contribution in [3.8, 4) is 0 Å². The first-order chi connectivity index (χ1) is 13.3. The number of halogens is 5. The van der Waals surface area contributed by atoms with Crippen LogP contribution in [0.15, 0.2) is 60.9 Å². The van der Waals surface area contributed by atoms with Crippen LogP contribution in [0.4, 0.5) is 39.0 Å². The Balaban J connectivity index is 1.76. The van der Waals surface area contributed by atoms with E-state index in [9.17, 15) is 26.7 Å². The summed E-state index contributed by atoms with van der Waals surface area (Å²) in [5.41, 5.74) is -1.20. The lowest BCUT2D eigenvalue weighted by Gasteiger charge is -2.14. The Morgan fingerprint density at radius 1 is 0.857 bits per heavy atom. The van der Waals surface area contributed by atoms with Gasteiger partial charge in [0, 0.05) is 11.4 Å². The van der Waals surface area contributed by atoms with E-state index >= 15 is 0 Å². The van der Waals surface area contributed by atoms with Gasteiger partial charge in [0.15, 0.2) is 11.6 Å². The van der Waals surface area contributed by atoms with Gasteiger partial charge >= 0.3 is 6.18 Å². The quantitative estimate of drug-likeness (QED) is 0.586. The number of para-hydroxylation sites is 1. The first-order valence-electron chi connectivity index (χ1n) is 7.89. The summed E-state index contributed by atoms with van der Waals surface area (Å²) in [6.45, 7) is 0. The number of hydrogen-bond acceptors (Lipinski definition) is 3. The molecule has 144 valence electrons. The molecule has 0 bridgehead atoms. The van der Waals surface area contributed by atoms with Gasteiger partial charge in [-0.1, -0.05) is 12.1 Å². The van der Waals surface area contributed by atoms with Crippen LogP contribution in [0.3, 0.4) is 0 Å². The molecule has 4 nitrogen and oxygen atoms in total. The molecule has 9 heteroatoms. The van der Waals surface area contributed by atoms with Crippen LogP contribution in [0.25, 0.3) is 0 Å². The van der Waals surface area contributed by atoms with Gasteiger partial charge in [0.1, 0.15) is 5.56 Å². The number of benzene rings is 2. The lowest BCUT2D eigenvalue weighted by Crippen LogP contribution is -2.16. The number of carbonyl (C=O) groups is 1. The van der Waals surface area contributed by atoms with Gasteiger partial charge in [-0.05, 0) is 36.4 Å². The maximum atomic E-state index is 13.6. The third-order valence-corrected chi connectivity index (χ3v) is 3.73. The summed E-state index contributed by atoms with van der Waals surface area (Å²) in [4.78, 5) is 15.3. The summed E-state index contributed by atoms with van der Waals surface area (Å²) < 4.78 is 66.3. The summed E-state index contributed by atoms with van der Waals surface area (Å²) in [6, 6.07) is 10.6. The van der Waals surface area contributed by atoms with Crippen LogP contribution in [0, 0.1) is 11.6 Å². The average Bonchev–Trinajstić information content (AvgIpc) is 2.63. The predicted octanol–water partition coefficient (Wildman–Crippen LogP) is 5.37. The molecule has 3 rings (SSSR count). The van der Waals surface area contributed by atoms with E-state index in [-0.39, 0.29) is 11.4 Å². The van der Waals surface area contributed by atoms with Crippen molar-refractivity contribution in [1.82, 2.24) is 4.98 Å². The van der Waals surface area contributed by atoms with Crippen LogP contribution >= 0.6 is 0 Å². The number of rotatable bonds is 4. The van der Waals surface area contributed by atoms with Crippen molar-refractivity contribution < 1.29 is 26.7 Å². The van der Waals surface area contributed by atoms with Gasteiger partial charge in [-0.25, -0.2) is 8.78 Å². The Hall–Kier alpha value is -3.49. The van der Waals surface area contributed by atoms with Crippen molar-refractivity contribution in [3.63, 3.8) is 0 Å². The summed E-state index contributed by atoms with van der Waals surface area (Å²) in [7, 11) is 0. The molecule has 1 aromatic heterocycles. The zero-order valence-electron chi connectivity index (χ0n) is 14.0. The molecule has 2 N–H and O–H groups in total. The molecule has 0 saturated carbocycles. The van der Waals surface area contributed by atoms with Crippen molar-refractivity contribution >= 4 is 23.0 Å². The minimum Gasteiger partial charge on any atom is -0.355 e. The zero-order chi connectivity index (χ0) is 20.3. The summed E-state index contributed by atoms with van der Waals surface area (Å²) >= 11 is 0. The lowest BCUT2D eigenvalue weighted by atomic mass is 10.1. The fourth-order valence-electron chi connectivity index (χ4n) is 2.45. The highest BCUT2D eigenvalue weighted by atomic mass is 19.4. The second-order valence-corrected chi connectivity index (χ2v) is 5.68. The standard InChI is InChI=1S/C19H12F5N3O/c20-14-9-25-10-15(21)17(14)18(28)27-12-7-5-11(6-8-12)26-16-4-2-1-3-13(16)19(22,23)24/h1-10,26H,(H,27,28). The van der Waals surface area contributed by atoms with E-state index < -0.39 is 34.8 Å². The van der Waals surface area contributed by atoms with E-state index in [0.29, 0.717) is 18.1 Å². The van der Waals surface area contributed by atoms with Crippen molar-refractivity contribution in [3.05, 3.63) is 83.7 Å². The van der Waals surface area contributed by atoms with E-state index in [1.54, 1.807) is 0 Å². The van der Waals surface area contributed by atoms with Crippen LogP contribution in [0.1, 0.15) is 15.9 Å². The maximum Gasteiger partial charge on any atom is 0.418 e. The molecular weight excluding hydrogens is 381 g/mol. The average molecular weight is 393 g/mol. The van der Waals surface area contributed by atoms with Gasteiger partial charge in [-0.3, -0.25) is 9.78 Å². The normalized spacial score (nSPS) is 11.2. The molecule has 3 aromatic rings. The third kappa shape index (κ3) is 4.25. The molecule has 2 aromatic carbocycles. The minimum atomic E-state index is -4.52. The summed E-state index contributed by atoms with van der Waals surface area (Å²) in [5, 5.41) is 4.96. The topological polar surface area (TPSA) is 54.0 Å². The number of aromatic nitrogens is 1. The third-order valence-electron chi connectivity index (χ3n) is 3.73. The molecule has 1 amide bonds. The van der Waals surface area contributed by atoms with Gasteiger partial charge < -0.3 is 10.6 Å². The van der Waals surface area contributed by atoms with Crippen molar-refractivity contribution in [1.29, 1.82) is 0 Å². The van der Waals surface area contributed by atoms with Crippen LogP contribution in [-0.2, 0) is 6.18 Å². The highest BCUT2D eigenvalue weighted by molar-refractivity contribution is 6.04. The number of pyridine rings is 1. The number of amides is 1. The largest absolute Gasteiger partial charge is 0.418 e. The first kappa shape index (κ1) is 19.3. The van der Waals surface area contributed by atoms with Gasteiger partial charge in [-0.2, -0.15) is 13.2 Å². The second-order valence-electron chi connectivity index (χ2n) is 5.68. The van der Waals surface area contributed by atoms with E-state index in [0.717, 1.165) is 6.07 Å². The zero-order valence-corrected chi connectivity index (χ0v) is 14.0. The number of carbonyl (C=O) groups excluding carboxylic acids is 1. The lowest BCUT2D eigenvalue weighted by molar-refractivity contribution is -0.136. The highest BCUT2D eigenvalue weighted by Gasteiger charge is 2.33. The van der Waals surface area contributed by atoms with Crippen LogP contribution in [0.5, 0.6) is 0 Å². The molecule has 0 fully saturated rings. The van der Waals surface area contributed by atoms with Crippen LogP contribution in [0.2, 0.25) is 0 Å². The van der Waals surface area contributed by atoms with Gasteiger partial charge in [0.2, 0.25) is 0 Å². The molecule has 0 aliphatic heterocycles. The molecule has 0 unspecified atom stereocenters. The molecule has 0 aliphatic rings. The van der Waals surface area contributed by atoms with E-state index in [4.69, 9.17) is 0 Å². The Morgan fingerprint density at radius 2 is 1.43 bits per heavy atom. The van der Waals surface area contributed by atoms with Gasteiger partial charge in [0.25, 0.3) is 5.91 Å². The minimum absolute atomic E-state index is 0.132. The molecule has 0 saturated heterocycles. The van der Waals surface area contributed by atoms with E-state index in [1.807, 2.05) is 0 Å². The Morgan fingerprint density at radius 3 is 2.04 bits per heavy atom. The van der Waals surface area contributed by atoms with Crippen LogP contribution in [-0.4, -0.2) is 10.9 Å². The fraction of sp³-hybridized carbons (Fsp3) is 0.0526. The Bertz CT molecular complexity index is 983. The SMILES string of the molecule is O=C(Nc1ccc(Nc2ccccc2C(F)(F)F)cc1)c1c(F)cncc1F. The molecule has 0 aliphatic carbocycles. The van der Waals surface area contributed by atoms with E-state index in [1.165, 1.54) is 42.5 Å². The summed E-state index contributed by atoms with van der Waals surface area (Å²) in [6.07, 6.45) is -3.09. The smallest absolute Gasteiger partial charge is 0.355 e. The number of nitrogens with zero attached hydrogens (tertiary/aromatic N) is 1. The van der Waals surface area contributed by atoms with Gasteiger partial charge in [0.05, 0.1) is 23.6 Å². The summed E-state index contributed by atoms with van der Waals surface area (Å²) in [5.74, 6) is -3.24. The van der Waals surface area contributed by atoms with Crippen molar-refractivity contribution in [2.75, 3.05) is 10.6 Å². The molecule has 0 atom stereocenters. The second kappa shape index (κ2) is 7.63. The number of nitrogens with one attached hydrogen (secondary N) is 2. The molecular formula is C19H12F5N3O. The number of hydrogen-bond donors (Lipinski definition) is 2. The maximum absolute atomic E-state index is 13.6.